The van der Waals surface area contributed by atoms with Crippen LogP contribution in [-0.4, -0.2) is 49.6 Å². The maximum atomic E-state index is 11.9. The molecule has 1 saturated heterocycles. The predicted molar refractivity (Wildman–Crippen MR) is 132 cm³/mol. The van der Waals surface area contributed by atoms with Gasteiger partial charge in [0.1, 0.15) is 0 Å². The highest BCUT2D eigenvalue weighted by Gasteiger charge is 2.20. The average molecular weight is 528 g/mol. The van der Waals surface area contributed by atoms with Crippen LogP contribution in [0.25, 0.3) is 0 Å². The quantitative estimate of drug-likeness (QED) is 0.221. The first-order chi connectivity index (χ1) is 14.3. The van der Waals surface area contributed by atoms with Crippen LogP contribution in [0.3, 0.4) is 0 Å². The average Bonchev–Trinajstić information content (AvgIpc) is 3.16. The number of guanidine groups is 1. The Morgan fingerprint density at radius 2 is 1.90 bits per heavy atom. The standard InChI is InChI=1S/C23H36N4O2.HI/c1-24-23(25-14-8-16-29-21-11-3-2-4-12-21)26-17-19-9-5-6-10-20(19)18-27-15-7-13-22(27)28;/h5-6,9-10,21H,2-4,7-8,11-18H2,1H3,(H2,24,25,26);1H. The summed E-state index contributed by atoms with van der Waals surface area (Å²) in [5.74, 6) is 1.07. The van der Waals surface area contributed by atoms with E-state index in [9.17, 15) is 4.79 Å². The number of rotatable bonds is 9. The van der Waals surface area contributed by atoms with E-state index < -0.39 is 0 Å². The minimum atomic E-state index is 0. The summed E-state index contributed by atoms with van der Waals surface area (Å²) in [5.41, 5.74) is 2.40. The molecular weight excluding hydrogens is 491 g/mol. The van der Waals surface area contributed by atoms with Gasteiger partial charge in [-0.1, -0.05) is 43.5 Å². The largest absolute Gasteiger partial charge is 0.378 e. The van der Waals surface area contributed by atoms with Gasteiger partial charge in [0.25, 0.3) is 0 Å². The maximum absolute atomic E-state index is 11.9. The van der Waals surface area contributed by atoms with Gasteiger partial charge in [0, 0.05) is 46.3 Å². The number of nitrogens with zero attached hydrogens (tertiary/aromatic N) is 2. The number of likely N-dealkylation sites (tertiary alicyclic amines) is 1. The maximum Gasteiger partial charge on any atom is 0.222 e. The summed E-state index contributed by atoms with van der Waals surface area (Å²) in [4.78, 5) is 18.2. The molecule has 168 valence electrons. The Balaban J connectivity index is 0.00000320. The first-order valence-corrected chi connectivity index (χ1v) is 11.2. The predicted octanol–water partition coefficient (Wildman–Crippen LogP) is 3.83. The number of carbonyl (C=O) groups is 1. The number of benzene rings is 1. The van der Waals surface area contributed by atoms with Crippen LogP contribution in [-0.2, 0) is 22.6 Å². The molecule has 6 nitrogen and oxygen atoms in total. The number of amides is 1. The fraction of sp³-hybridized carbons (Fsp3) is 0.652. The summed E-state index contributed by atoms with van der Waals surface area (Å²) >= 11 is 0. The van der Waals surface area contributed by atoms with Crippen molar-refractivity contribution in [3.05, 3.63) is 35.4 Å². The van der Waals surface area contributed by atoms with Crippen LogP contribution in [0.1, 0.15) is 62.5 Å². The smallest absolute Gasteiger partial charge is 0.222 e. The van der Waals surface area contributed by atoms with Gasteiger partial charge in [-0.25, -0.2) is 0 Å². The zero-order valence-corrected chi connectivity index (χ0v) is 20.5. The van der Waals surface area contributed by atoms with Crippen molar-refractivity contribution in [3.63, 3.8) is 0 Å². The van der Waals surface area contributed by atoms with Crippen molar-refractivity contribution < 1.29 is 9.53 Å². The van der Waals surface area contributed by atoms with E-state index in [1.807, 2.05) is 17.0 Å². The highest BCUT2D eigenvalue weighted by Crippen LogP contribution is 2.20. The number of aliphatic imine (C=N–C) groups is 1. The van der Waals surface area contributed by atoms with E-state index in [2.05, 4.69) is 27.8 Å². The van der Waals surface area contributed by atoms with E-state index in [-0.39, 0.29) is 29.9 Å². The minimum absolute atomic E-state index is 0. The van der Waals surface area contributed by atoms with E-state index in [1.54, 1.807) is 7.05 Å². The molecule has 1 saturated carbocycles. The Morgan fingerprint density at radius 1 is 1.13 bits per heavy atom. The summed E-state index contributed by atoms with van der Waals surface area (Å²) in [6.45, 7) is 3.90. The molecule has 2 aliphatic rings. The van der Waals surface area contributed by atoms with Crippen molar-refractivity contribution in [2.24, 2.45) is 4.99 Å². The van der Waals surface area contributed by atoms with Crippen LogP contribution in [0.5, 0.6) is 0 Å². The molecule has 0 spiro atoms. The van der Waals surface area contributed by atoms with Crippen LogP contribution in [0.15, 0.2) is 29.3 Å². The molecule has 1 aromatic carbocycles. The molecule has 3 rings (SSSR count). The number of carbonyl (C=O) groups excluding carboxylic acids is 1. The van der Waals surface area contributed by atoms with Gasteiger partial charge < -0.3 is 20.3 Å². The normalized spacial score (nSPS) is 17.7. The van der Waals surface area contributed by atoms with Gasteiger partial charge in [0.05, 0.1) is 6.10 Å². The van der Waals surface area contributed by atoms with Crippen molar-refractivity contribution in [2.45, 2.75) is 70.6 Å². The monoisotopic (exact) mass is 528 g/mol. The number of hydrogen-bond acceptors (Lipinski definition) is 3. The Hall–Kier alpha value is -1.35. The third kappa shape index (κ3) is 8.06. The van der Waals surface area contributed by atoms with Gasteiger partial charge in [0.15, 0.2) is 5.96 Å². The first kappa shape index (κ1) is 24.9. The van der Waals surface area contributed by atoms with Crippen molar-refractivity contribution in [3.8, 4) is 0 Å². The second kappa shape index (κ2) is 13.9. The highest BCUT2D eigenvalue weighted by atomic mass is 127. The van der Waals surface area contributed by atoms with Gasteiger partial charge in [0.2, 0.25) is 5.91 Å². The third-order valence-corrected chi connectivity index (χ3v) is 5.84. The number of halogens is 1. The van der Waals surface area contributed by atoms with E-state index >= 15 is 0 Å². The summed E-state index contributed by atoms with van der Waals surface area (Å²) < 4.78 is 5.98. The van der Waals surface area contributed by atoms with Crippen LogP contribution in [0.2, 0.25) is 0 Å². The van der Waals surface area contributed by atoms with Gasteiger partial charge >= 0.3 is 0 Å². The molecule has 1 aliphatic carbocycles. The second-order valence-corrected chi connectivity index (χ2v) is 8.02. The summed E-state index contributed by atoms with van der Waals surface area (Å²) in [7, 11) is 1.79. The van der Waals surface area contributed by atoms with Gasteiger partial charge in [-0.2, -0.15) is 0 Å². The molecule has 0 bridgehead atoms. The zero-order chi connectivity index (χ0) is 20.3. The molecule has 1 amide bonds. The first-order valence-electron chi connectivity index (χ1n) is 11.2. The lowest BCUT2D eigenvalue weighted by molar-refractivity contribution is -0.128. The fourth-order valence-electron chi connectivity index (χ4n) is 4.12. The minimum Gasteiger partial charge on any atom is -0.378 e. The molecule has 0 unspecified atom stereocenters. The summed E-state index contributed by atoms with van der Waals surface area (Å²) in [6, 6.07) is 8.32. The van der Waals surface area contributed by atoms with Gasteiger partial charge in [-0.15, -0.1) is 24.0 Å². The highest BCUT2D eigenvalue weighted by molar-refractivity contribution is 14.0. The SMILES string of the molecule is CN=C(NCCCOC1CCCCC1)NCc1ccccc1CN1CCCC1=O.I. The Morgan fingerprint density at radius 3 is 2.60 bits per heavy atom. The molecule has 7 heteroatoms. The van der Waals surface area contributed by atoms with Gasteiger partial charge in [-0.3, -0.25) is 9.79 Å². The Labute approximate surface area is 198 Å². The van der Waals surface area contributed by atoms with E-state index in [1.165, 1.54) is 43.2 Å². The molecule has 2 N–H and O–H groups in total. The molecule has 0 atom stereocenters. The molecule has 1 aliphatic heterocycles. The Kier molecular flexibility index (Phi) is 11.5. The van der Waals surface area contributed by atoms with Crippen molar-refractivity contribution in [1.82, 2.24) is 15.5 Å². The molecular formula is C23H37IN4O2. The van der Waals surface area contributed by atoms with Crippen LogP contribution in [0.4, 0.5) is 0 Å². The molecule has 1 aromatic rings. The molecule has 0 aromatic heterocycles. The van der Waals surface area contributed by atoms with Crippen molar-refractivity contribution in [1.29, 1.82) is 0 Å². The molecule has 30 heavy (non-hydrogen) atoms. The lowest BCUT2D eigenvalue weighted by Gasteiger charge is -2.22. The van der Waals surface area contributed by atoms with E-state index in [0.29, 0.717) is 25.6 Å². The lowest BCUT2D eigenvalue weighted by Crippen LogP contribution is -2.38. The third-order valence-electron chi connectivity index (χ3n) is 5.84. The number of ether oxygens (including phenoxy) is 1. The lowest BCUT2D eigenvalue weighted by atomic mass is 9.98. The van der Waals surface area contributed by atoms with Crippen molar-refractivity contribution in [2.75, 3.05) is 26.7 Å². The zero-order valence-electron chi connectivity index (χ0n) is 18.2. The molecule has 0 radical (unpaired) electrons. The fourth-order valence-corrected chi connectivity index (χ4v) is 4.12. The summed E-state index contributed by atoms with van der Waals surface area (Å²) in [6.07, 6.45) is 9.53. The molecule has 2 fully saturated rings. The van der Waals surface area contributed by atoms with Crippen molar-refractivity contribution >= 4 is 35.8 Å². The topological polar surface area (TPSA) is 66.0 Å². The van der Waals surface area contributed by atoms with E-state index in [0.717, 1.165) is 38.5 Å². The van der Waals surface area contributed by atoms with E-state index in [4.69, 9.17) is 4.74 Å². The van der Waals surface area contributed by atoms with Crippen LogP contribution in [0, 0.1) is 0 Å². The number of nitrogens with one attached hydrogen (secondary N) is 2. The van der Waals surface area contributed by atoms with Gasteiger partial charge in [-0.05, 0) is 36.8 Å². The molecule has 1 heterocycles. The number of hydrogen-bond donors (Lipinski definition) is 2. The Bertz CT molecular complexity index is 677. The summed E-state index contributed by atoms with van der Waals surface area (Å²) in [5, 5.41) is 6.77. The van der Waals surface area contributed by atoms with Crippen LogP contribution >= 0.6 is 24.0 Å². The second-order valence-electron chi connectivity index (χ2n) is 8.02. The van der Waals surface area contributed by atoms with Crippen LogP contribution < -0.4 is 10.6 Å².